The number of benzene rings is 2. The highest BCUT2D eigenvalue weighted by Crippen LogP contribution is 2.31. The minimum atomic E-state index is -0.0433. The zero-order chi connectivity index (χ0) is 15.5. The van der Waals surface area contributed by atoms with Crippen LogP contribution in [0.15, 0.2) is 42.5 Å². The molecule has 4 nitrogen and oxygen atoms in total. The van der Waals surface area contributed by atoms with E-state index in [-0.39, 0.29) is 11.9 Å². The van der Waals surface area contributed by atoms with Crippen molar-refractivity contribution in [2.45, 2.75) is 31.8 Å². The van der Waals surface area contributed by atoms with Gasteiger partial charge in [0, 0.05) is 17.8 Å². The average molecular weight is 295 g/mol. The molecule has 0 aliphatic heterocycles. The minimum absolute atomic E-state index is 0.0433. The Morgan fingerprint density at radius 2 is 1.95 bits per heavy atom. The number of amides is 1. The van der Waals surface area contributed by atoms with Gasteiger partial charge in [-0.25, -0.2) is 0 Å². The summed E-state index contributed by atoms with van der Waals surface area (Å²) in [5, 5.41) is 3.14. The molecule has 22 heavy (non-hydrogen) atoms. The Morgan fingerprint density at radius 3 is 2.68 bits per heavy atom. The molecule has 0 saturated heterocycles. The first-order chi connectivity index (χ1) is 10.7. The molecule has 1 aliphatic carbocycles. The number of rotatable bonds is 3. The Kier molecular flexibility index (Phi) is 4.11. The number of carbonyl (C=O) groups excluding carboxylic acids is 1. The number of aryl methyl sites for hydroxylation is 1. The monoisotopic (exact) mass is 295 g/mol. The largest absolute Gasteiger partial charge is 0.399 e. The SMILES string of the molecule is NCc1ccc(C(=O)NC2CCCc3cc(N)ccc32)cc1. The van der Waals surface area contributed by atoms with Crippen LogP contribution >= 0.6 is 0 Å². The van der Waals surface area contributed by atoms with Crippen molar-refractivity contribution >= 4 is 11.6 Å². The molecule has 1 atom stereocenters. The molecule has 114 valence electrons. The molecule has 0 radical (unpaired) electrons. The maximum Gasteiger partial charge on any atom is 0.251 e. The van der Waals surface area contributed by atoms with Gasteiger partial charge in [0.15, 0.2) is 0 Å². The van der Waals surface area contributed by atoms with E-state index in [1.165, 1.54) is 11.1 Å². The molecular weight excluding hydrogens is 274 g/mol. The third-order valence-corrected chi connectivity index (χ3v) is 4.24. The van der Waals surface area contributed by atoms with E-state index in [1.807, 2.05) is 42.5 Å². The third kappa shape index (κ3) is 2.97. The van der Waals surface area contributed by atoms with E-state index in [0.29, 0.717) is 12.1 Å². The molecular formula is C18H21N3O. The van der Waals surface area contributed by atoms with Gasteiger partial charge in [0.1, 0.15) is 0 Å². The highest BCUT2D eigenvalue weighted by atomic mass is 16.1. The normalized spacial score (nSPS) is 16.9. The van der Waals surface area contributed by atoms with Crippen molar-refractivity contribution < 1.29 is 4.79 Å². The topological polar surface area (TPSA) is 81.1 Å². The second-order valence-corrected chi connectivity index (χ2v) is 5.78. The first kappa shape index (κ1) is 14.6. The molecule has 0 spiro atoms. The van der Waals surface area contributed by atoms with Gasteiger partial charge in [0.25, 0.3) is 5.91 Å². The van der Waals surface area contributed by atoms with Gasteiger partial charge in [-0.2, -0.15) is 0 Å². The lowest BCUT2D eigenvalue weighted by Gasteiger charge is -2.26. The number of anilines is 1. The lowest BCUT2D eigenvalue weighted by atomic mass is 9.87. The molecule has 0 saturated carbocycles. The van der Waals surface area contributed by atoms with E-state index in [4.69, 9.17) is 11.5 Å². The van der Waals surface area contributed by atoms with Gasteiger partial charge in [-0.05, 0) is 60.2 Å². The van der Waals surface area contributed by atoms with Gasteiger partial charge in [0.05, 0.1) is 6.04 Å². The van der Waals surface area contributed by atoms with Crippen molar-refractivity contribution in [1.29, 1.82) is 0 Å². The summed E-state index contributed by atoms with van der Waals surface area (Å²) in [7, 11) is 0. The summed E-state index contributed by atoms with van der Waals surface area (Å²) in [6.07, 6.45) is 3.05. The van der Waals surface area contributed by atoms with Crippen LogP contribution in [0.4, 0.5) is 5.69 Å². The molecule has 2 aromatic carbocycles. The lowest BCUT2D eigenvalue weighted by Crippen LogP contribution is -2.31. The van der Waals surface area contributed by atoms with Crippen molar-refractivity contribution in [1.82, 2.24) is 5.32 Å². The van der Waals surface area contributed by atoms with E-state index in [1.54, 1.807) is 0 Å². The van der Waals surface area contributed by atoms with Crippen molar-refractivity contribution in [3.63, 3.8) is 0 Å². The summed E-state index contributed by atoms with van der Waals surface area (Å²) >= 11 is 0. The summed E-state index contributed by atoms with van der Waals surface area (Å²) in [6, 6.07) is 13.4. The number of hydrogen-bond donors (Lipinski definition) is 3. The van der Waals surface area contributed by atoms with Crippen LogP contribution in [0.1, 0.15) is 45.9 Å². The van der Waals surface area contributed by atoms with Crippen LogP contribution in [0.25, 0.3) is 0 Å². The molecule has 1 amide bonds. The summed E-state index contributed by atoms with van der Waals surface area (Å²) in [6.45, 7) is 0.485. The van der Waals surface area contributed by atoms with Gasteiger partial charge in [-0.1, -0.05) is 18.2 Å². The van der Waals surface area contributed by atoms with Gasteiger partial charge >= 0.3 is 0 Å². The van der Waals surface area contributed by atoms with E-state index < -0.39 is 0 Å². The molecule has 1 unspecified atom stereocenters. The Morgan fingerprint density at radius 1 is 1.18 bits per heavy atom. The molecule has 3 rings (SSSR count). The van der Waals surface area contributed by atoms with E-state index in [0.717, 1.165) is 30.5 Å². The minimum Gasteiger partial charge on any atom is -0.399 e. The number of nitrogen functional groups attached to an aromatic ring is 1. The third-order valence-electron chi connectivity index (χ3n) is 4.24. The predicted octanol–water partition coefficient (Wildman–Crippen LogP) is 2.53. The first-order valence-corrected chi connectivity index (χ1v) is 7.65. The number of nitrogens with one attached hydrogen (secondary N) is 1. The second kappa shape index (κ2) is 6.20. The number of nitrogens with two attached hydrogens (primary N) is 2. The first-order valence-electron chi connectivity index (χ1n) is 7.65. The van der Waals surface area contributed by atoms with Crippen LogP contribution in [-0.2, 0) is 13.0 Å². The fourth-order valence-corrected chi connectivity index (χ4v) is 3.02. The summed E-state index contributed by atoms with van der Waals surface area (Å²) in [5.41, 5.74) is 16.3. The average Bonchev–Trinajstić information content (AvgIpc) is 2.55. The maximum absolute atomic E-state index is 12.4. The fourth-order valence-electron chi connectivity index (χ4n) is 3.02. The van der Waals surface area contributed by atoms with Crippen LogP contribution in [0, 0.1) is 0 Å². The summed E-state index contributed by atoms with van der Waals surface area (Å²) in [4.78, 5) is 12.4. The maximum atomic E-state index is 12.4. The zero-order valence-electron chi connectivity index (χ0n) is 12.5. The lowest BCUT2D eigenvalue weighted by molar-refractivity contribution is 0.0933. The van der Waals surface area contributed by atoms with Gasteiger partial charge in [-0.15, -0.1) is 0 Å². The quantitative estimate of drug-likeness (QED) is 0.761. The van der Waals surface area contributed by atoms with Crippen molar-refractivity contribution in [2.24, 2.45) is 5.73 Å². The number of hydrogen-bond acceptors (Lipinski definition) is 3. The van der Waals surface area contributed by atoms with Gasteiger partial charge < -0.3 is 16.8 Å². The van der Waals surface area contributed by atoms with Crippen LogP contribution < -0.4 is 16.8 Å². The van der Waals surface area contributed by atoms with Crippen molar-refractivity contribution in [2.75, 3.05) is 5.73 Å². The summed E-state index contributed by atoms with van der Waals surface area (Å²) in [5.74, 6) is -0.0433. The van der Waals surface area contributed by atoms with E-state index >= 15 is 0 Å². The van der Waals surface area contributed by atoms with Crippen molar-refractivity contribution in [3.05, 3.63) is 64.7 Å². The van der Waals surface area contributed by atoms with E-state index in [9.17, 15) is 4.79 Å². The Bertz CT molecular complexity index is 679. The Labute approximate surface area is 130 Å². The summed E-state index contributed by atoms with van der Waals surface area (Å²) < 4.78 is 0. The van der Waals surface area contributed by atoms with Gasteiger partial charge in [0.2, 0.25) is 0 Å². The van der Waals surface area contributed by atoms with Crippen molar-refractivity contribution in [3.8, 4) is 0 Å². The second-order valence-electron chi connectivity index (χ2n) is 5.78. The molecule has 4 heteroatoms. The van der Waals surface area contributed by atoms with Gasteiger partial charge in [-0.3, -0.25) is 4.79 Å². The Hall–Kier alpha value is -2.33. The molecule has 0 bridgehead atoms. The molecule has 5 N–H and O–H groups in total. The molecule has 1 aliphatic rings. The molecule has 2 aromatic rings. The highest BCUT2D eigenvalue weighted by molar-refractivity contribution is 5.94. The molecule has 0 heterocycles. The van der Waals surface area contributed by atoms with Crippen LogP contribution in [0.5, 0.6) is 0 Å². The number of carbonyl (C=O) groups is 1. The standard InChI is InChI=1S/C18H21N3O/c19-11-12-4-6-13(7-5-12)18(22)21-17-3-1-2-14-10-15(20)8-9-16(14)17/h4-10,17H,1-3,11,19-20H2,(H,21,22). The van der Waals surface area contributed by atoms with E-state index in [2.05, 4.69) is 5.32 Å². The fraction of sp³-hybridized carbons (Fsp3) is 0.278. The molecule has 0 fully saturated rings. The van der Waals surface area contributed by atoms with Crippen LogP contribution in [0.2, 0.25) is 0 Å². The zero-order valence-corrected chi connectivity index (χ0v) is 12.5. The predicted molar refractivity (Wildman–Crippen MR) is 88.3 cm³/mol. The highest BCUT2D eigenvalue weighted by Gasteiger charge is 2.22. The molecule has 0 aromatic heterocycles. The smallest absolute Gasteiger partial charge is 0.251 e. The van der Waals surface area contributed by atoms with Crippen LogP contribution in [-0.4, -0.2) is 5.91 Å². The number of fused-ring (bicyclic) bond motifs is 1. The van der Waals surface area contributed by atoms with Crippen LogP contribution in [0.3, 0.4) is 0 Å². The Balaban J connectivity index is 1.77.